The molecule has 0 spiro atoms. The predicted octanol–water partition coefficient (Wildman–Crippen LogP) is -3.81. The van der Waals surface area contributed by atoms with Crippen LogP contribution in [0.2, 0.25) is 0 Å². The minimum atomic E-state index is -1.22. The van der Waals surface area contributed by atoms with Gasteiger partial charge in [0.1, 0.15) is 12.8 Å². The van der Waals surface area contributed by atoms with Crippen LogP contribution in [0.5, 0.6) is 0 Å². The Morgan fingerprint density at radius 1 is 1.70 bits per heavy atom. The van der Waals surface area contributed by atoms with E-state index in [0.717, 1.165) is 4.90 Å². The van der Waals surface area contributed by atoms with Crippen LogP contribution in [-0.4, -0.2) is 23.9 Å². The van der Waals surface area contributed by atoms with Crippen molar-refractivity contribution in [2.24, 2.45) is 4.99 Å². The second-order valence-electron chi connectivity index (χ2n) is 1.55. The minimum Gasteiger partial charge on any atom is -0.530 e. The van der Waals surface area contributed by atoms with Crippen LogP contribution in [0.3, 0.4) is 0 Å². The standard InChI is InChI=1S/C5H6N2O2.Na/c8-5(9)7-3-1-2-6-4-7;/h1-3H,4H2,(H,8,9);/q;+1/p-1. The molecular formula is C5H5N2NaO2. The van der Waals surface area contributed by atoms with E-state index in [0.29, 0.717) is 0 Å². The molecule has 0 saturated heterocycles. The summed E-state index contributed by atoms with van der Waals surface area (Å²) in [6.45, 7) is 0.152. The molecule has 0 bridgehead atoms. The number of amides is 1. The average Bonchev–Trinajstić information content (AvgIpc) is 1.90. The molecule has 0 radical (unpaired) electrons. The van der Waals surface area contributed by atoms with Gasteiger partial charge in [0, 0.05) is 12.4 Å². The number of hydrogen-bond donors (Lipinski definition) is 0. The van der Waals surface area contributed by atoms with E-state index in [-0.39, 0.29) is 36.2 Å². The second-order valence-corrected chi connectivity index (χ2v) is 1.55. The Morgan fingerprint density at radius 2 is 2.40 bits per heavy atom. The molecule has 0 aromatic rings. The first kappa shape index (κ1) is 9.68. The zero-order valence-corrected chi connectivity index (χ0v) is 7.65. The molecule has 1 aliphatic heterocycles. The normalized spacial score (nSPS) is 14.6. The van der Waals surface area contributed by atoms with Gasteiger partial charge >= 0.3 is 29.6 Å². The van der Waals surface area contributed by atoms with E-state index in [2.05, 4.69) is 4.99 Å². The molecule has 1 heterocycles. The molecule has 0 aromatic heterocycles. The zero-order chi connectivity index (χ0) is 6.69. The smallest absolute Gasteiger partial charge is 0.530 e. The molecule has 0 unspecified atom stereocenters. The van der Waals surface area contributed by atoms with Gasteiger partial charge in [-0.1, -0.05) is 0 Å². The maximum absolute atomic E-state index is 10.0. The van der Waals surface area contributed by atoms with Crippen molar-refractivity contribution in [1.29, 1.82) is 0 Å². The van der Waals surface area contributed by atoms with Crippen LogP contribution in [0.4, 0.5) is 4.79 Å². The fourth-order valence-corrected chi connectivity index (χ4v) is 0.504. The van der Waals surface area contributed by atoms with Crippen molar-refractivity contribution in [2.75, 3.05) is 6.67 Å². The summed E-state index contributed by atoms with van der Waals surface area (Å²) in [5.41, 5.74) is 0. The summed E-state index contributed by atoms with van der Waals surface area (Å²) in [6.07, 6.45) is 3.27. The van der Waals surface area contributed by atoms with Gasteiger partial charge in [-0.25, -0.2) is 0 Å². The van der Waals surface area contributed by atoms with Crippen molar-refractivity contribution in [2.45, 2.75) is 0 Å². The number of rotatable bonds is 0. The SMILES string of the molecule is O=C([O-])N1C=CC=NC1.[Na+]. The molecule has 0 aliphatic carbocycles. The first-order chi connectivity index (χ1) is 4.30. The van der Waals surface area contributed by atoms with Crippen LogP contribution < -0.4 is 34.7 Å². The molecule has 0 atom stereocenters. The quantitative estimate of drug-likeness (QED) is 0.331. The van der Waals surface area contributed by atoms with Crippen LogP contribution in [0.1, 0.15) is 0 Å². The number of allylic oxidation sites excluding steroid dienone is 1. The minimum absolute atomic E-state index is 0. The topological polar surface area (TPSA) is 55.7 Å². The summed E-state index contributed by atoms with van der Waals surface area (Å²) in [4.78, 5) is 14.7. The monoisotopic (exact) mass is 148 g/mol. The van der Waals surface area contributed by atoms with Crippen LogP contribution in [-0.2, 0) is 0 Å². The molecule has 5 heteroatoms. The van der Waals surface area contributed by atoms with Gasteiger partial charge in [-0.05, 0) is 6.08 Å². The molecule has 0 fully saturated rings. The number of carbonyl (C=O) groups excluding carboxylic acids is 1. The second kappa shape index (κ2) is 4.49. The molecule has 1 rings (SSSR count). The maximum Gasteiger partial charge on any atom is 1.00 e. The van der Waals surface area contributed by atoms with Gasteiger partial charge in [-0.2, -0.15) is 0 Å². The van der Waals surface area contributed by atoms with E-state index in [1.165, 1.54) is 6.20 Å². The molecule has 1 amide bonds. The Hall–Kier alpha value is -0.320. The Bertz CT molecular complexity index is 178. The molecule has 10 heavy (non-hydrogen) atoms. The van der Waals surface area contributed by atoms with Gasteiger partial charge in [0.15, 0.2) is 0 Å². The number of aliphatic imine (C=N–C) groups is 1. The Morgan fingerprint density at radius 3 is 2.70 bits per heavy atom. The largest absolute Gasteiger partial charge is 1.00 e. The van der Waals surface area contributed by atoms with Gasteiger partial charge < -0.3 is 14.8 Å². The van der Waals surface area contributed by atoms with Crippen molar-refractivity contribution >= 4 is 12.3 Å². The third kappa shape index (κ3) is 2.51. The van der Waals surface area contributed by atoms with E-state index < -0.39 is 6.09 Å². The number of nitrogens with zero attached hydrogens (tertiary/aromatic N) is 2. The van der Waals surface area contributed by atoms with Gasteiger partial charge in [0.25, 0.3) is 0 Å². The zero-order valence-electron chi connectivity index (χ0n) is 5.65. The van der Waals surface area contributed by atoms with Gasteiger partial charge in [0.05, 0.1) is 0 Å². The van der Waals surface area contributed by atoms with Crippen molar-refractivity contribution in [3.63, 3.8) is 0 Å². The molecule has 0 saturated carbocycles. The average molecular weight is 148 g/mol. The Balaban J connectivity index is 0.000000810. The van der Waals surface area contributed by atoms with Crippen LogP contribution in [0, 0.1) is 0 Å². The summed E-state index contributed by atoms with van der Waals surface area (Å²) in [7, 11) is 0. The van der Waals surface area contributed by atoms with E-state index in [1.807, 2.05) is 0 Å². The summed E-state index contributed by atoms with van der Waals surface area (Å²) in [6, 6.07) is 0. The Labute approximate surface area is 80.5 Å². The van der Waals surface area contributed by atoms with E-state index in [9.17, 15) is 9.90 Å². The summed E-state index contributed by atoms with van der Waals surface area (Å²) < 4.78 is 0. The molecule has 1 aliphatic rings. The van der Waals surface area contributed by atoms with E-state index in [4.69, 9.17) is 0 Å². The fraction of sp³-hybridized carbons (Fsp3) is 0.200. The summed E-state index contributed by atoms with van der Waals surface area (Å²) in [5.74, 6) is 0. The van der Waals surface area contributed by atoms with Crippen molar-refractivity contribution in [3.05, 3.63) is 12.3 Å². The molecule has 48 valence electrons. The molecule has 0 aromatic carbocycles. The van der Waals surface area contributed by atoms with E-state index in [1.54, 1.807) is 12.3 Å². The van der Waals surface area contributed by atoms with Crippen LogP contribution in [0.25, 0.3) is 0 Å². The van der Waals surface area contributed by atoms with Gasteiger partial charge in [-0.3, -0.25) is 4.99 Å². The number of carboxylic acid groups (broad SMARTS) is 1. The maximum atomic E-state index is 10.0. The van der Waals surface area contributed by atoms with Crippen molar-refractivity contribution < 1.29 is 39.5 Å². The van der Waals surface area contributed by atoms with E-state index >= 15 is 0 Å². The molecule has 4 nitrogen and oxygen atoms in total. The van der Waals surface area contributed by atoms with Crippen LogP contribution in [0.15, 0.2) is 17.3 Å². The first-order valence-corrected chi connectivity index (χ1v) is 2.45. The fourth-order valence-electron chi connectivity index (χ4n) is 0.504. The first-order valence-electron chi connectivity index (χ1n) is 2.45. The third-order valence-corrected chi connectivity index (χ3v) is 0.926. The third-order valence-electron chi connectivity index (χ3n) is 0.926. The van der Waals surface area contributed by atoms with Crippen molar-refractivity contribution in [1.82, 2.24) is 4.90 Å². The van der Waals surface area contributed by atoms with Crippen LogP contribution >= 0.6 is 0 Å². The summed E-state index contributed by atoms with van der Waals surface area (Å²) in [5, 5.41) is 10.0. The van der Waals surface area contributed by atoms with Crippen molar-refractivity contribution in [3.8, 4) is 0 Å². The number of carbonyl (C=O) groups is 1. The Kier molecular flexibility index (Phi) is 4.34. The molecule has 0 N–H and O–H groups in total. The number of hydrogen-bond acceptors (Lipinski definition) is 3. The van der Waals surface area contributed by atoms with Gasteiger partial charge in [0.2, 0.25) is 0 Å². The molecular weight excluding hydrogens is 143 g/mol. The predicted molar refractivity (Wildman–Crippen MR) is 29.7 cm³/mol. The summed E-state index contributed by atoms with van der Waals surface area (Å²) >= 11 is 0. The van der Waals surface area contributed by atoms with Gasteiger partial charge in [-0.15, -0.1) is 0 Å².